The van der Waals surface area contributed by atoms with Gasteiger partial charge in [-0.1, -0.05) is 17.7 Å². The molecule has 9 heteroatoms. The van der Waals surface area contributed by atoms with Crippen LogP contribution < -0.4 is 9.47 Å². The highest BCUT2D eigenvalue weighted by Crippen LogP contribution is 2.56. The van der Waals surface area contributed by atoms with Crippen molar-refractivity contribution in [2.75, 3.05) is 14.2 Å². The van der Waals surface area contributed by atoms with Crippen LogP contribution in [-0.4, -0.2) is 38.8 Å². The number of fused-ring (bicyclic) bond motifs is 1. The van der Waals surface area contributed by atoms with E-state index in [0.29, 0.717) is 17.1 Å². The lowest BCUT2D eigenvalue weighted by atomic mass is 10.0. The van der Waals surface area contributed by atoms with Crippen molar-refractivity contribution in [3.8, 4) is 23.1 Å². The molecule has 5 rings (SSSR count). The van der Waals surface area contributed by atoms with Crippen LogP contribution in [0.2, 0.25) is 5.02 Å². The summed E-state index contributed by atoms with van der Waals surface area (Å²) in [5, 5.41) is 4.79. The number of nitrogens with zero attached hydrogens (tertiary/aromatic N) is 5. The Labute approximate surface area is 176 Å². The molecule has 3 aromatic heterocycles. The molecule has 1 fully saturated rings. The Bertz CT molecular complexity index is 1260. The van der Waals surface area contributed by atoms with Gasteiger partial charge in [0.15, 0.2) is 5.65 Å². The molecule has 0 N–H and O–H groups in total. The van der Waals surface area contributed by atoms with Crippen LogP contribution >= 0.6 is 11.6 Å². The summed E-state index contributed by atoms with van der Waals surface area (Å²) in [5.41, 5.74) is 4.16. The van der Waals surface area contributed by atoms with Crippen molar-refractivity contribution in [3.63, 3.8) is 0 Å². The summed E-state index contributed by atoms with van der Waals surface area (Å²) >= 11 is 5.98. The third kappa shape index (κ3) is 3.13. The monoisotopic (exact) mass is 425 g/mol. The summed E-state index contributed by atoms with van der Waals surface area (Å²) in [5.74, 6) is 0.430. The molecule has 1 unspecified atom stereocenters. The lowest BCUT2D eigenvalue weighted by Crippen LogP contribution is -2.02. The molecule has 0 bridgehead atoms. The molecule has 152 valence electrons. The Hall–Kier alpha value is -3.26. The molecule has 1 aliphatic carbocycles. The van der Waals surface area contributed by atoms with E-state index in [-0.39, 0.29) is 22.9 Å². The van der Waals surface area contributed by atoms with Crippen LogP contribution in [0.1, 0.15) is 29.4 Å². The second-order valence-electron chi connectivity index (χ2n) is 7.08. The zero-order valence-corrected chi connectivity index (χ0v) is 17.0. The summed E-state index contributed by atoms with van der Waals surface area (Å²) in [7, 11) is 3.04. The second-order valence-corrected chi connectivity index (χ2v) is 7.49. The molecule has 0 radical (unpaired) electrons. The lowest BCUT2D eigenvalue weighted by Gasteiger charge is -2.11. The molecule has 1 saturated carbocycles. The van der Waals surface area contributed by atoms with Crippen LogP contribution in [0.4, 0.5) is 4.39 Å². The first-order valence-electron chi connectivity index (χ1n) is 9.33. The molecular formula is C21H17ClFN5O2. The van der Waals surface area contributed by atoms with Gasteiger partial charge in [-0.3, -0.25) is 0 Å². The fourth-order valence-corrected chi connectivity index (χ4v) is 3.97. The highest BCUT2D eigenvalue weighted by molar-refractivity contribution is 6.30. The maximum Gasteiger partial charge on any atom is 0.319 e. The molecule has 1 aromatic carbocycles. The minimum Gasteiger partial charge on any atom is -0.480 e. The van der Waals surface area contributed by atoms with E-state index in [1.807, 2.05) is 6.07 Å². The number of hydrogen-bond donors (Lipinski definition) is 0. The van der Waals surface area contributed by atoms with Crippen LogP contribution in [0.5, 0.6) is 11.9 Å². The van der Waals surface area contributed by atoms with Gasteiger partial charge in [-0.15, -0.1) is 0 Å². The minimum atomic E-state index is -0.411. The number of halogens is 2. The Morgan fingerprint density at radius 2 is 2.00 bits per heavy atom. The van der Waals surface area contributed by atoms with Crippen molar-refractivity contribution in [3.05, 3.63) is 64.8 Å². The molecule has 1 aliphatic rings. The van der Waals surface area contributed by atoms with Gasteiger partial charge >= 0.3 is 6.01 Å². The topological polar surface area (TPSA) is 74.4 Å². The largest absolute Gasteiger partial charge is 0.480 e. The zero-order valence-electron chi connectivity index (χ0n) is 16.2. The molecule has 7 nitrogen and oxygen atoms in total. The van der Waals surface area contributed by atoms with Crippen molar-refractivity contribution >= 4 is 17.2 Å². The Morgan fingerprint density at radius 3 is 2.77 bits per heavy atom. The predicted octanol–water partition coefficient (Wildman–Crippen LogP) is 4.27. The first-order valence-corrected chi connectivity index (χ1v) is 9.71. The van der Waals surface area contributed by atoms with Crippen LogP contribution in [0, 0.1) is 5.82 Å². The molecule has 0 aliphatic heterocycles. The van der Waals surface area contributed by atoms with E-state index >= 15 is 0 Å². The van der Waals surface area contributed by atoms with Crippen molar-refractivity contribution in [2.24, 2.45) is 0 Å². The van der Waals surface area contributed by atoms with Crippen molar-refractivity contribution < 1.29 is 13.9 Å². The third-order valence-corrected chi connectivity index (χ3v) is 5.62. The Kier molecular flexibility index (Phi) is 4.51. The first-order chi connectivity index (χ1) is 14.6. The maximum atomic E-state index is 13.5. The quantitative estimate of drug-likeness (QED) is 0.475. The first kappa shape index (κ1) is 18.7. The molecule has 30 heavy (non-hydrogen) atoms. The van der Waals surface area contributed by atoms with Gasteiger partial charge in [-0.2, -0.15) is 10.1 Å². The van der Waals surface area contributed by atoms with E-state index in [2.05, 4.69) is 20.1 Å². The number of hydrogen-bond acceptors (Lipinski definition) is 6. The molecular weight excluding hydrogens is 409 g/mol. The minimum absolute atomic E-state index is 0.139. The highest BCUT2D eigenvalue weighted by atomic mass is 35.5. The average molecular weight is 426 g/mol. The number of benzene rings is 1. The summed E-state index contributed by atoms with van der Waals surface area (Å²) in [6.45, 7) is 0. The van der Waals surface area contributed by atoms with Crippen molar-refractivity contribution in [1.29, 1.82) is 0 Å². The molecule has 4 aromatic rings. The third-order valence-electron chi connectivity index (χ3n) is 5.33. The molecule has 0 saturated heterocycles. The van der Waals surface area contributed by atoms with Gasteiger partial charge in [-0.25, -0.2) is 18.9 Å². The molecule has 0 amide bonds. The van der Waals surface area contributed by atoms with Gasteiger partial charge in [-0.05, 0) is 42.0 Å². The number of aromatic nitrogens is 5. The SMILES string of the molecule is COc1ncc(-c2cc(C3C[C@@H]3c3ccc(F)c(Cl)c3)c3nccn3n2)c(OC)n1. The van der Waals surface area contributed by atoms with Crippen LogP contribution in [0.3, 0.4) is 0 Å². The number of rotatable bonds is 5. The number of ether oxygens (including phenoxy) is 2. The van der Waals surface area contributed by atoms with E-state index in [4.69, 9.17) is 21.1 Å². The van der Waals surface area contributed by atoms with Crippen molar-refractivity contribution in [2.45, 2.75) is 18.3 Å². The highest BCUT2D eigenvalue weighted by Gasteiger charge is 2.41. The Balaban J connectivity index is 1.57. The summed E-state index contributed by atoms with van der Waals surface area (Å²) in [4.78, 5) is 12.9. The van der Waals surface area contributed by atoms with Crippen LogP contribution in [0.25, 0.3) is 16.9 Å². The normalized spacial score (nSPS) is 17.9. The predicted molar refractivity (Wildman–Crippen MR) is 109 cm³/mol. The van der Waals surface area contributed by atoms with Gasteiger partial charge in [0.05, 0.1) is 30.5 Å². The summed E-state index contributed by atoms with van der Waals surface area (Å²) in [6.07, 6.45) is 6.06. The number of methoxy groups -OCH3 is 2. The van der Waals surface area contributed by atoms with E-state index in [1.165, 1.54) is 20.3 Å². The smallest absolute Gasteiger partial charge is 0.319 e. The maximum absolute atomic E-state index is 13.5. The fraction of sp³-hybridized carbons (Fsp3) is 0.238. The van der Waals surface area contributed by atoms with Crippen LogP contribution in [-0.2, 0) is 0 Å². The number of imidazole rings is 1. The summed E-state index contributed by atoms with van der Waals surface area (Å²) < 4.78 is 25.8. The van der Waals surface area contributed by atoms with Gasteiger partial charge < -0.3 is 9.47 Å². The summed E-state index contributed by atoms with van der Waals surface area (Å²) in [6, 6.07) is 7.11. The van der Waals surface area contributed by atoms with Crippen LogP contribution in [0.15, 0.2) is 42.9 Å². The molecule has 3 heterocycles. The van der Waals surface area contributed by atoms with E-state index in [0.717, 1.165) is 23.2 Å². The molecule has 2 atom stereocenters. The molecule has 0 spiro atoms. The fourth-order valence-electron chi connectivity index (χ4n) is 3.78. The van der Waals surface area contributed by atoms with E-state index in [1.54, 1.807) is 35.2 Å². The van der Waals surface area contributed by atoms with Gasteiger partial charge in [0.2, 0.25) is 5.88 Å². The van der Waals surface area contributed by atoms with Gasteiger partial charge in [0.25, 0.3) is 0 Å². The van der Waals surface area contributed by atoms with Crippen molar-refractivity contribution in [1.82, 2.24) is 24.6 Å². The van der Waals surface area contributed by atoms with Gasteiger partial charge in [0.1, 0.15) is 5.82 Å². The lowest BCUT2D eigenvalue weighted by molar-refractivity contribution is 0.353. The Morgan fingerprint density at radius 1 is 1.13 bits per heavy atom. The second kappa shape index (κ2) is 7.21. The van der Waals surface area contributed by atoms with Gasteiger partial charge in [0, 0.05) is 24.2 Å². The standard InChI is InChI=1S/C21H17ClFN5O2/c1-29-20-15(10-25-21(26-20)30-2)18-9-14(19-24-5-6-28(19)27-18)13-8-12(13)11-3-4-17(23)16(22)7-11/h3-7,9-10,12-13H,8H2,1-2H3/t12-,13?/m1/s1. The average Bonchev–Trinajstić information content (AvgIpc) is 3.42. The zero-order chi connectivity index (χ0) is 20.8. The van der Waals surface area contributed by atoms with E-state index < -0.39 is 5.82 Å². The van der Waals surface area contributed by atoms with E-state index in [9.17, 15) is 4.39 Å².